The molecule has 1 aliphatic heterocycles. The van der Waals surface area contributed by atoms with Gasteiger partial charge < -0.3 is 19.1 Å². The average molecular weight is 601 g/mol. The highest BCUT2D eigenvalue weighted by atomic mass is 16.5. The normalized spacial score (nSPS) is 13.8. The van der Waals surface area contributed by atoms with Gasteiger partial charge >= 0.3 is 0 Å². The van der Waals surface area contributed by atoms with E-state index in [-0.39, 0.29) is 0 Å². The average Bonchev–Trinajstić information content (AvgIpc) is 3.11. The number of aromatic nitrogens is 2. The lowest BCUT2D eigenvalue weighted by atomic mass is 10.00. The fourth-order valence-corrected chi connectivity index (χ4v) is 6.07. The van der Waals surface area contributed by atoms with Gasteiger partial charge in [0.05, 0.1) is 32.7 Å². The highest BCUT2D eigenvalue weighted by Crippen LogP contribution is 2.30. The molecule has 0 amide bonds. The molecule has 0 atom stereocenters. The number of nitrogens with zero attached hydrogens (tertiary/aromatic N) is 4. The van der Waals surface area contributed by atoms with Gasteiger partial charge in [0.2, 0.25) is 0 Å². The van der Waals surface area contributed by atoms with Crippen molar-refractivity contribution in [2.24, 2.45) is 0 Å². The summed E-state index contributed by atoms with van der Waals surface area (Å²) in [5.41, 5.74) is 7.73. The molecule has 5 aromatic rings. The number of hydrogen-bond donors (Lipinski definition) is 0. The molecule has 0 aliphatic carbocycles. The zero-order valence-corrected chi connectivity index (χ0v) is 26.2. The van der Waals surface area contributed by atoms with Gasteiger partial charge in [-0.05, 0) is 96.8 Å². The van der Waals surface area contributed by atoms with Crippen LogP contribution in [0.2, 0.25) is 0 Å². The Balaban J connectivity index is 1.17. The molecular formula is C38H40N4O3. The Labute approximate surface area is 266 Å². The minimum absolute atomic E-state index is 0.410. The van der Waals surface area contributed by atoms with Gasteiger partial charge in [0.1, 0.15) is 17.2 Å². The molecule has 0 spiro atoms. The number of rotatable bonds is 11. The van der Waals surface area contributed by atoms with Gasteiger partial charge in [-0.1, -0.05) is 24.3 Å². The summed E-state index contributed by atoms with van der Waals surface area (Å²) in [7, 11) is 5.10. The molecule has 3 heterocycles. The first-order valence-corrected chi connectivity index (χ1v) is 15.4. The van der Waals surface area contributed by atoms with E-state index in [2.05, 4.69) is 80.4 Å². The van der Waals surface area contributed by atoms with Gasteiger partial charge in [0.25, 0.3) is 0 Å². The third kappa shape index (κ3) is 7.44. The summed E-state index contributed by atoms with van der Waals surface area (Å²) in [6.07, 6.45) is 5.98. The van der Waals surface area contributed by atoms with Gasteiger partial charge in [-0.2, -0.15) is 0 Å². The molecule has 230 valence electrons. The Morgan fingerprint density at radius 1 is 0.644 bits per heavy atom. The molecule has 0 radical (unpaired) electrons. The van der Waals surface area contributed by atoms with E-state index in [0.717, 1.165) is 78.8 Å². The SMILES string of the molecule is COc1ccc(N(Cc2ccnc(-c3cccc(OC)c3)c2)C2CCN(Cc3ccnc(-c4cccc(OC)c4)c3)CC2)cc1. The summed E-state index contributed by atoms with van der Waals surface area (Å²) < 4.78 is 16.3. The van der Waals surface area contributed by atoms with Crippen LogP contribution in [0.4, 0.5) is 5.69 Å². The van der Waals surface area contributed by atoms with E-state index in [1.807, 2.05) is 48.8 Å². The molecule has 1 saturated heterocycles. The molecule has 0 saturated carbocycles. The predicted octanol–water partition coefficient (Wildman–Crippen LogP) is 7.51. The van der Waals surface area contributed by atoms with E-state index in [9.17, 15) is 0 Å². The van der Waals surface area contributed by atoms with Crippen LogP contribution in [0.15, 0.2) is 109 Å². The fraction of sp³-hybridized carbons (Fsp3) is 0.263. The second kappa shape index (κ2) is 14.3. The number of likely N-dealkylation sites (tertiary alicyclic amines) is 1. The maximum absolute atomic E-state index is 5.46. The Bertz CT molecular complexity index is 1700. The lowest BCUT2D eigenvalue weighted by molar-refractivity contribution is 0.201. The number of piperidine rings is 1. The Morgan fingerprint density at radius 2 is 1.20 bits per heavy atom. The maximum atomic E-state index is 5.46. The van der Waals surface area contributed by atoms with Crippen molar-refractivity contribution in [3.8, 4) is 39.8 Å². The first kappa shape index (κ1) is 30.2. The molecule has 0 bridgehead atoms. The first-order chi connectivity index (χ1) is 22.1. The van der Waals surface area contributed by atoms with Crippen LogP contribution in [-0.2, 0) is 13.1 Å². The summed E-state index contributed by atoms with van der Waals surface area (Å²) in [6, 6.07) is 33.7. The van der Waals surface area contributed by atoms with Crippen LogP contribution in [0.25, 0.3) is 22.5 Å². The van der Waals surface area contributed by atoms with Gasteiger partial charge in [0.15, 0.2) is 0 Å². The summed E-state index contributed by atoms with van der Waals surface area (Å²) in [5, 5.41) is 0. The second-order valence-electron chi connectivity index (χ2n) is 11.4. The largest absolute Gasteiger partial charge is 0.497 e. The molecule has 7 heteroatoms. The molecule has 2 aromatic heterocycles. The molecule has 3 aromatic carbocycles. The van der Waals surface area contributed by atoms with Crippen LogP contribution < -0.4 is 19.1 Å². The van der Waals surface area contributed by atoms with Gasteiger partial charge in [0, 0.05) is 61.4 Å². The lowest BCUT2D eigenvalue weighted by Gasteiger charge is -2.40. The zero-order chi connectivity index (χ0) is 31.0. The van der Waals surface area contributed by atoms with Gasteiger partial charge in [-0.3, -0.25) is 14.9 Å². The van der Waals surface area contributed by atoms with Crippen LogP contribution in [0.5, 0.6) is 17.2 Å². The molecule has 45 heavy (non-hydrogen) atoms. The molecule has 1 fully saturated rings. The van der Waals surface area contributed by atoms with Crippen molar-refractivity contribution in [1.82, 2.24) is 14.9 Å². The molecule has 1 aliphatic rings. The Kier molecular flexibility index (Phi) is 9.56. The van der Waals surface area contributed by atoms with E-state index in [0.29, 0.717) is 6.04 Å². The number of anilines is 1. The molecular weight excluding hydrogens is 560 g/mol. The van der Waals surface area contributed by atoms with Crippen LogP contribution in [0, 0.1) is 0 Å². The van der Waals surface area contributed by atoms with Crippen molar-refractivity contribution in [2.45, 2.75) is 32.0 Å². The second-order valence-corrected chi connectivity index (χ2v) is 11.4. The van der Waals surface area contributed by atoms with Crippen LogP contribution in [-0.4, -0.2) is 55.3 Å². The summed E-state index contributed by atoms with van der Waals surface area (Å²) in [5.74, 6) is 2.53. The number of pyridine rings is 2. The van der Waals surface area contributed by atoms with Crippen LogP contribution in [0.1, 0.15) is 24.0 Å². The molecule has 0 unspecified atom stereocenters. The summed E-state index contributed by atoms with van der Waals surface area (Å²) in [4.78, 5) is 14.4. The van der Waals surface area contributed by atoms with E-state index in [4.69, 9.17) is 14.2 Å². The fourth-order valence-electron chi connectivity index (χ4n) is 6.07. The van der Waals surface area contributed by atoms with Crippen molar-refractivity contribution >= 4 is 5.69 Å². The summed E-state index contributed by atoms with van der Waals surface area (Å²) in [6.45, 7) is 3.76. The van der Waals surface area contributed by atoms with E-state index >= 15 is 0 Å². The topological polar surface area (TPSA) is 60.0 Å². The zero-order valence-electron chi connectivity index (χ0n) is 26.2. The quantitative estimate of drug-likeness (QED) is 0.156. The maximum Gasteiger partial charge on any atom is 0.119 e. The van der Waals surface area contributed by atoms with Crippen molar-refractivity contribution < 1.29 is 14.2 Å². The lowest BCUT2D eigenvalue weighted by Crippen LogP contribution is -2.44. The standard InChI is InChI=1S/C38H40N4O3/c1-43-34-12-10-32(11-13-34)42(27-29-15-19-40-38(23-29)31-7-5-9-36(25-31)45-3)33-16-20-41(21-17-33)26-28-14-18-39-37(22-28)30-6-4-8-35(24-30)44-2/h4-15,18-19,22-25,33H,16-17,20-21,26-27H2,1-3H3. The van der Waals surface area contributed by atoms with E-state index in [1.165, 1.54) is 16.8 Å². The van der Waals surface area contributed by atoms with Crippen molar-refractivity contribution in [3.63, 3.8) is 0 Å². The number of benzene rings is 3. The smallest absolute Gasteiger partial charge is 0.119 e. The third-order valence-electron chi connectivity index (χ3n) is 8.54. The summed E-state index contributed by atoms with van der Waals surface area (Å²) >= 11 is 0. The number of ether oxygens (including phenoxy) is 3. The highest BCUT2D eigenvalue weighted by molar-refractivity contribution is 5.63. The van der Waals surface area contributed by atoms with Crippen LogP contribution >= 0.6 is 0 Å². The van der Waals surface area contributed by atoms with Gasteiger partial charge in [-0.25, -0.2) is 0 Å². The van der Waals surface area contributed by atoms with Crippen molar-refractivity contribution in [2.75, 3.05) is 39.3 Å². The third-order valence-corrected chi connectivity index (χ3v) is 8.54. The van der Waals surface area contributed by atoms with E-state index < -0.39 is 0 Å². The van der Waals surface area contributed by atoms with E-state index in [1.54, 1.807) is 21.3 Å². The monoisotopic (exact) mass is 600 g/mol. The van der Waals surface area contributed by atoms with Crippen LogP contribution in [0.3, 0.4) is 0 Å². The van der Waals surface area contributed by atoms with Gasteiger partial charge in [-0.15, -0.1) is 0 Å². The Hall–Kier alpha value is -4.88. The number of hydrogen-bond acceptors (Lipinski definition) is 7. The highest BCUT2D eigenvalue weighted by Gasteiger charge is 2.26. The first-order valence-electron chi connectivity index (χ1n) is 15.4. The van der Waals surface area contributed by atoms with Crippen molar-refractivity contribution in [1.29, 1.82) is 0 Å². The number of methoxy groups -OCH3 is 3. The predicted molar refractivity (Wildman–Crippen MR) is 180 cm³/mol. The molecule has 0 N–H and O–H groups in total. The Morgan fingerprint density at radius 3 is 1.78 bits per heavy atom. The molecule has 6 rings (SSSR count). The molecule has 7 nitrogen and oxygen atoms in total. The minimum Gasteiger partial charge on any atom is -0.497 e. The van der Waals surface area contributed by atoms with Crippen molar-refractivity contribution in [3.05, 3.63) is 121 Å². The minimum atomic E-state index is 0.410.